The standard InChI is InChI=1S/C38H40F5N5O3.C2HF3O2/c39-25-2-6-33-28(17-25)37(9-11-46(12-10-37)26-3-5-31-34(18-26)48-22-38(42,43)19-27(48)20-44-31)36(50)47(33)21-35(49)45-32(24-7-13-51-14-8-24)16-23-1-4-29(40)30(41)15-23;3-2(4,5)1(6)7/h1-6,15,17-18,24,27,32,44H,7-14,16,19-22H2,(H,45,49);(H,6,7)/t27-,32-;/m0./s1. The number of ether oxygens (including phenoxy) is 1. The molecule has 0 unspecified atom stereocenters. The molecule has 8 rings (SSSR count). The normalized spacial score (nSPS) is 21.3. The second-order valence-electron chi connectivity index (χ2n) is 15.4. The molecule has 5 aliphatic rings. The van der Waals surface area contributed by atoms with Crippen LogP contribution in [0.1, 0.15) is 43.2 Å². The van der Waals surface area contributed by atoms with E-state index in [9.17, 15) is 44.7 Å². The number of anilines is 4. The van der Waals surface area contributed by atoms with Crippen molar-refractivity contribution < 1.29 is 59.4 Å². The summed E-state index contributed by atoms with van der Waals surface area (Å²) in [4.78, 5) is 42.4. The third kappa shape index (κ3) is 8.38. The lowest BCUT2D eigenvalue weighted by atomic mass is 9.73. The van der Waals surface area contributed by atoms with Crippen molar-refractivity contribution in [1.29, 1.82) is 0 Å². The maximum atomic E-state index is 14.8. The van der Waals surface area contributed by atoms with Crippen molar-refractivity contribution in [2.45, 2.75) is 68.1 Å². The van der Waals surface area contributed by atoms with Gasteiger partial charge in [-0.05, 0) is 97.7 Å². The Bertz CT molecular complexity index is 2050. The molecule has 18 heteroatoms. The van der Waals surface area contributed by atoms with E-state index in [0.29, 0.717) is 75.3 Å². The van der Waals surface area contributed by atoms with Gasteiger partial charge in [0.2, 0.25) is 11.8 Å². The van der Waals surface area contributed by atoms with E-state index in [2.05, 4.69) is 15.5 Å². The molecule has 0 bridgehead atoms. The van der Waals surface area contributed by atoms with Crippen LogP contribution in [-0.4, -0.2) is 93.0 Å². The van der Waals surface area contributed by atoms with Crippen LogP contribution in [0.15, 0.2) is 54.6 Å². The summed E-state index contributed by atoms with van der Waals surface area (Å²) < 4.78 is 108. The molecule has 0 radical (unpaired) electrons. The monoisotopic (exact) mass is 823 g/mol. The summed E-state index contributed by atoms with van der Waals surface area (Å²) in [5.74, 6) is -8.51. The molecule has 3 aromatic rings. The lowest BCUT2D eigenvalue weighted by molar-refractivity contribution is -0.192. The van der Waals surface area contributed by atoms with Gasteiger partial charge in [-0.3, -0.25) is 9.59 Å². The quantitative estimate of drug-likeness (QED) is 0.235. The Morgan fingerprint density at radius 3 is 2.33 bits per heavy atom. The summed E-state index contributed by atoms with van der Waals surface area (Å²) in [6.07, 6.45) is -2.87. The number of rotatable bonds is 7. The predicted octanol–water partition coefficient (Wildman–Crippen LogP) is 6.42. The lowest BCUT2D eigenvalue weighted by Crippen LogP contribution is -2.52. The Balaban J connectivity index is 0.000000672. The van der Waals surface area contributed by atoms with Gasteiger partial charge in [-0.2, -0.15) is 13.2 Å². The number of benzene rings is 3. The fraction of sp³-hybridized carbons (Fsp3) is 0.475. The van der Waals surface area contributed by atoms with Gasteiger partial charge >= 0.3 is 12.1 Å². The first-order valence-corrected chi connectivity index (χ1v) is 18.9. The average Bonchev–Trinajstić information content (AvgIpc) is 3.62. The molecule has 312 valence electrons. The van der Waals surface area contributed by atoms with Gasteiger partial charge in [0.05, 0.1) is 29.4 Å². The minimum absolute atomic E-state index is 0.0364. The highest BCUT2D eigenvalue weighted by molar-refractivity contribution is 6.11. The van der Waals surface area contributed by atoms with Crippen molar-refractivity contribution in [2.24, 2.45) is 5.92 Å². The molecule has 5 heterocycles. The van der Waals surface area contributed by atoms with Crippen LogP contribution in [0.25, 0.3) is 0 Å². The van der Waals surface area contributed by atoms with Crippen LogP contribution in [0.2, 0.25) is 0 Å². The molecule has 2 atom stereocenters. The van der Waals surface area contributed by atoms with E-state index in [0.717, 1.165) is 29.2 Å². The molecule has 0 aromatic heterocycles. The summed E-state index contributed by atoms with van der Waals surface area (Å²) in [5, 5.41) is 13.5. The number of nitrogens with one attached hydrogen (secondary N) is 2. The number of aliphatic carboxylic acids is 1. The Morgan fingerprint density at radius 1 is 0.948 bits per heavy atom. The van der Waals surface area contributed by atoms with Gasteiger partial charge < -0.3 is 35.2 Å². The molecule has 0 saturated carbocycles. The number of hydrogen-bond donors (Lipinski definition) is 3. The van der Waals surface area contributed by atoms with Crippen LogP contribution in [0.3, 0.4) is 0 Å². The zero-order valence-electron chi connectivity index (χ0n) is 31.1. The van der Waals surface area contributed by atoms with Gasteiger partial charge in [0, 0.05) is 56.7 Å². The van der Waals surface area contributed by atoms with Crippen molar-refractivity contribution in [3.05, 3.63) is 83.2 Å². The van der Waals surface area contributed by atoms with Crippen molar-refractivity contribution in [2.75, 3.05) is 66.0 Å². The number of piperidine rings is 1. The van der Waals surface area contributed by atoms with E-state index in [4.69, 9.17) is 14.6 Å². The van der Waals surface area contributed by atoms with E-state index in [1.807, 2.05) is 18.2 Å². The number of carboxylic acids is 1. The van der Waals surface area contributed by atoms with Crippen LogP contribution in [0.5, 0.6) is 0 Å². The average molecular weight is 824 g/mol. The smallest absolute Gasteiger partial charge is 0.475 e. The molecule has 3 fully saturated rings. The predicted molar refractivity (Wildman–Crippen MR) is 197 cm³/mol. The molecular formula is C40H41F8N5O5. The van der Waals surface area contributed by atoms with Crippen molar-refractivity contribution in [1.82, 2.24) is 5.32 Å². The molecule has 10 nitrogen and oxygen atoms in total. The van der Waals surface area contributed by atoms with Crippen LogP contribution < -0.4 is 25.3 Å². The number of halogens is 8. The molecule has 2 amide bonds. The first kappa shape index (κ1) is 41.0. The molecule has 58 heavy (non-hydrogen) atoms. The minimum Gasteiger partial charge on any atom is -0.475 e. The number of hydrogen-bond acceptors (Lipinski definition) is 7. The molecule has 5 aliphatic heterocycles. The van der Waals surface area contributed by atoms with Gasteiger partial charge in [-0.1, -0.05) is 6.07 Å². The Kier molecular flexibility index (Phi) is 11.3. The Morgan fingerprint density at radius 2 is 1.66 bits per heavy atom. The van der Waals surface area contributed by atoms with Crippen molar-refractivity contribution >= 4 is 40.5 Å². The van der Waals surface area contributed by atoms with Crippen molar-refractivity contribution in [3.63, 3.8) is 0 Å². The first-order valence-electron chi connectivity index (χ1n) is 18.9. The van der Waals surface area contributed by atoms with Crippen molar-refractivity contribution in [3.8, 4) is 0 Å². The number of nitrogens with zero attached hydrogens (tertiary/aromatic N) is 3. The fourth-order valence-corrected chi connectivity index (χ4v) is 8.86. The van der Waals surface area contributed by atoms with E-state index in [1.165, 1.54) is 23.1 Å². The molecule has 3 aromatic carbocycles. The SMILES string of the molecule is O=C(CN1C(=O)C2(CCN(c3ccc4c(c3)N3CC(F)(F)C[C@H]3CN4)CC2)c2cc(F)ccc21)N[C@@H](Cc1ccc(F)c(F)c1)C1CCOCC1.O=C(O)C(F)(F)F. The van der Waals surface area contributed by atoms with E-state index < -0.39 is 52.9 Å². The number of carbonyl (C=O) groups excluding carboxylic acids is 2. The second-order valence-corrected chi connectivity index (χ2v) is 15.4. The number of amides is 2. The van der Waals surface area contributed by atoms with E-state index >= 15 is 0 Å². The van der Waals surface area contributed by atoms with Gasteiger partial charge in [0.15, 0.2) is 11.6 Å². The fourth-order valence-electron chi connectivity index (χ4n) is 8.86. The van der Waals surface area contributed by atoms with Gasteiger partial charge in [0.1, 0.15) is 12.4 Å². The Labute approximate surface area is 328 Å². The van der Waals surface area contributed by atoms with Crippen LogP contribution in [0.4, 0.5) is 57.9 Å². The summed E-state index contributed by atoms with van der Waals surface area (Å²) in [6, 6.07) is 13.1. The summed E-state index contributed by atoms with van der Waals surface area (Å²) in [5.41, 5.74) is 2.98. The van der Waals surface area contributed by atoms with Gasteiger partial charge in [0.25, 0.3) is 5.92 Å². The zero-order valence-corrected chi connectivity index (χ0v) is 31.1. The largest absolute Gasteiger partial charge is 0.490 e. The zero-order chi connectivity index (χ0) is 41.6. The third-order valence-electron chi connectivity index (χ3n) is 11.8. The highest BCUT2D eigenvalue weighted by atomic mass is 19.4. The molecular weight excluding hydrogens is 782 g/mol. The summed E-state index contributed by atoms with van der Waals surface area (Å²) in [7, 11) is 0. The van der Waals surface area contributed by atoms with Gasteiger partial charge in [-0.25, -0.2) is 26.7 Å². The number of carbonyl (C=O) groups is 3. The maximum absolute atomic E-state index is 14.8. The van der Waals surface area contributed by atoms with Gasteiger partial charge in [-0.15, -0.1) is 0 Å². The second kappa shape index (κ2) is 15.9. The minimum atomic E-state index is -5.08. The maximum Gasteiger partial charge on any atom is 0.490 e. The number of fused-ring (bicyclic) bond motifs is 5. The topological polar surface area (TPSA) is 114 Å². The van der Waals surface area contributed by atoms with Crippen LogP contribution >= 0.6 is 0 Å². The highest BCUT2D eigenvalue weighted by Crippen LogP contribution is 2.49. The summed E-state index contributed by atoms with van der Waals surface area (Å²) in [6.45, 7) is 1.84. The molecule has 3 N–H and O–H groups in total. The van der Waals surface area contributed by atoms with Crippen LogP contribution in [-0.2, 0) is 31.0 Å². The first-order chi connectivity index (χ1) is 27.4. The Hall–Kier alpha value is -5.13. The summed E-state index contributed by atoms with van der Waals surface area (Å²) >= 11 is 0. The number of carboxylic acid groups (broad SMARTS) is 1. The lowest BCUT2D eigenvalue weighted by Gasteiger charge is -2.40. The van der Waals surface area contributed by atoms with E-state index in [-0.39, 0.29) is 43.8 Å². The molecule has 0 aliphatic carbocycles. The molecule has 3 saturated heterocycles. The van der Waals surface area contributed by atoms with E-state index in [1.54, 1.807) is 11.0 Å². The molecule has 1 spiro atoms. The highest BCUT2D eigenvalue weighted by Gasteiger charge is 2.53. The number of alkyl halides is 5. The van der Waals surface area contributed by atoms with Crippen LogP contribution in [0, 0.1) is 23.4 Å². The third-order valence-corrected chi connectivity index (χ3v) is 11.8.